The molecule has 0 aromatic carbocycles. The highest BCUT2D eigenvalue weighted by molar-refractivity contribution is 6.31. The smallest absolute Gasteiger partial charge is 0.155 e. The number of allylic oxidation sites excluding steroid dienone is 1. The van der Waals surface area contributed by atoms with Gasteiger partial charge in [0.15, 0.2) is 5.84 Å². The first kappa shape index (κ1) is 20.4. The number of nitrogens with zero attached hydrogens (tertiary/aromatic N) is 3. The number of aromatic nitrogens is 1. The fourth-order valence-electron chi connectivity index (χ4n) is 2.23. The van der Waals surface area contributed by atoms with E-state index >= 15 is 0 Å². The van der Waals surface area contributed by atoms with Crippen LogP contribution in [-0.4, -0.2) is 30.1 Å². The summed E-state index contributed by atoms with van der Waals surface area (Å²) in [5, 5.41) is 4.00. The van der Waals surface area contributed by atoms with Gasteiger partial charge >= 0.3 is 0 Å². The fourth-order valence-corrected chi connectivity index (χ4v) is 2.40. The first-order valence-corrected chi connectivity index (χ1v) is 8.55. The number of nitrogens with one attached hydrogen (secondary N) is 1. The van der Waals surface area contributed by atoms with Gasteiger partial charge in [-0.2, -0.15) is 0 Å². The molecule has 0 bridgehead atoms. The minimum absolute atomic E-state index is 0.243. The van der Waals surface area contributed by atoms with Crippen molar-refractivity contribution in [2.24, 2.45) is 15.4 Å². The zero-order valence-corrected chi connectivity index (χ0v) is 16.5. The molecule has 0 saturated heterocycles. The molecule has 4 nitrogen and oxygen atoms in total. The topological polar surface area (TPSA) is 49.6 Å². The van der Waals surface area contributed by atoms with Crippen LogP contribution in [0, 0.1) is 12.3 Å². The summed E-state index contributed by atoms with van der Waals surface area (Å²) in [6, 6.07) is 1.85. The number of amidine groups is 1. The van der Waals surface area contributed by atoms with Gasteiger partial charge < -0.3 is 5.32 Å². The molecule has 1 aromatic rings. The van der Waals surface area contributed by atoms with Gasteiger partial charge in [-0.1, -0.05) is 39.0 Å². The third kappa shape index (κ3) is 7.26. The van der Waals surface area contributed by atoms with Gasteiger partial charge in [0.05, 0.1) is 10.7 Å². The highest BCUT2D eigenvalue weighted by atomic mass is 35.5. The van der Waals surface area contributed by atoms with Crippen molar-refractivity contribution in [1.29, 1.82) is 0 Å². The zero-order valence-electron chi connectivity index (χ0n) is 15.7. The lowest BCUT2D eigenvalue weighted by Crippen LogP contribution is -2.20. The Morgan fingerprint density at radius 3 is 2.58 bits per heavy atom. The van der Waals surface area contributed by atoms with Gasteiger partial charge in [0.1, 0.15) is 0 Å². The lowest BCUT2D eigenvalue weighted by atomic mass is 9.91. The third-order valence-corrected chi connectivity index (χ3v) is 3.78. The first-order chi connectivity index (χ1) is 11.1. The molecule has 132 valence electrons. The van der Waals surface area contributed by atoms with Crippen molar-refractivity contribution in [2.45, 2.75) is 47.5 Å². The predicted octanol–water partition coefficient (Wildman–Crippen LogP) is 4.81. The van der Waals surface area contributed by atoms with Crippen LogP contribution in [0.4, 0.5) is 0 Å². The van der Waals surface area contributed by atoms with Crippen LogP contribution in [0.25, 0.3) is 0 Å². The molecule has 0 aliphatic heterocycles. The van der Waals surface area contributed by atoms with Crippen LogP contribution in [0.5, 0.6) is 0 Å². The van der Waals surface area contributed by atoms with E-state index in [9.17, 15) is 0 Å². The molecular formula is C19H29ClN4. The van der Waals surface area contributed by atoms with Gasteiger partial charge in [0.25, 0.3) is 0 Å². The van der Waals surface area contributed by atoms with Crippen LogP contribution in [-0.2, 0) is 0 Å². The molecule has 0 radical (unpaired) electrons. The summed E-state index contributed by atoms with van der Waals surface area (Å²) in [6.45, 7) is 15.4. The molecule has 0 aliphatic rings. The quantitative estimate of drug-likeness (QED) is 0.592. The van der Waals surface area contributed by atoms with Gasteiger partial charge in [0, 0.05) is 43.2 Å². The van der Waals surface area contributed by atoms with Crippen molar-refractivity contribution in [3.8, 4) is 0 Å². The van der Waals surface area contributed by atoms with Crippen molar-refractivity contribution in [1.82, 2.24) is 10.3 Å². The Bertz CT molecular complexity index is 639. The molecule has 0 amide bonds. The maximum Gasteiger partial charge on any atom is 0.155 e. The van der Waals surface area contributed by atoms with Gasteiger partial charge in [0.2, 0.25) is 0 Å². The molecule has 0 fully saturated rings. The van der Waals surface area contributed by atoms with E-state index in [0.717, 1.165) is 42.1 Å². The summed E-state index contributed by atoms with van der Waals surface area (Å²) in [6.07, 6.45) is 3.54. The molecule has 1 N–H and O–H groups in total. The standard InChI is InChI=1S/C19H29ClN4/c1-13(8-9-22-14(2)11-19(4,5)6)24-18(21-7)16-10-17(20)15(3)23-12-16/h10,12,22H,2,8-9,11H2,1,3-7H3. The lowest BCUT2D eigenvalue weighted by molar-refractivity contribution is 0.399. The first-order valence-electron chi connectivity index (χ1n) is 8.17. The van der Waals surface area contributed by atoms with Gasteiger partial charge in [-0.25, -0.2) is 4.99 Å². The largest absolute Gasteiger partial charge is 0.388 e. The zero-order chi connectivity index (χ0) is 18.3. The summed E-state index contributed by atoms with van der Waals surface area (Å²) in [5.41, 5.74) is 3.95. The molecule has 0 saturated carbocycles. The van der Waals surface area contributed by atoms with E-state index in [1.54, 1.807) is 13.2 Å². The van der Waals surface area contributed by atoms with Crippen LogP contribution in [0.15, 0.2) is 34.5 Å². The van der Waals surface area contributed by atoms with Gasteiger partial charge in [-0.15, -0.1) is 0 Å². The Balaban J connectivity index is 2.63. The molecule has 0 spiro atoms. The average Bonchev–Trinajstić information content (AvgIpc) is 2.46. The molecule has 0 atom stereocenters. The summed E-state index contributed by atoms with van der Waals surface area (Å²) in [7, 11) is 1.73. The van der Waals surface area contributed by atoms with Crippen LogP contribution < -0.4 is 5.32 Å². The van der Waals surface area contributed by atoms with Crippen molar-refractivity contribution >= 4 is 23.1 Å². The Labute approximate surface area is 151 Å². The van der Waals surface area contributed by atoms with E-state index in [1.165, 1.54) is 0 Å². The minimum atomic E-state index is 0.243. The fraction of sp³-hybridized carbons (Fsp3) is 0.526. The number of aliphatic imine (C=N–C) groups is 2. The monoisotopic (exact) mass is 348 g/mol. The van der Waals surface area contributed by atoms with Crippen LogP contribution in [0.2, 0.25) is 5.02 Å². The average molecular weight is 349 g/mol. The summed E-state index contributed by atoms with van der Waals surface area (Å²) >= 11 is 6.14. The summed E-state index contributed by atoms with van der Waals surface area (Å²) < 4.78 is 0. The minimum Gasteiger partial charge on any atom is -0.388 e. The third-order valence-electron chi connectivity index (χ3n) is 3.40. The van der Waals surface area contributed by atoms with E-state index < -0.39 is 0 Å². The molecule has 5 heteroatoms. The highest BCUT2D eigenvalue weighted by Crippen LogP contribution is 2.21. The van der Waals surface area contributed by atoms with E-state index in [4.69, 9.17) is 11.6 Å². The molecule has 1 aromatic heterocycles. The predicted molar refractivity (Wildman–Crippen MR) is 105 cm³/mol. The van der Waals surface area contributed by atoms with Crippen LogP contribution in [0.3, 0.4) is 0 Å². The van der Waals surface area contributed by atoms with E-state index in [-0.39, 0.29) is 5.41 Å². The Hall–Kier alpha value is -1.68. The van der Waals surface area contributed by atoms with Crippen molar-refractivity contribution in [3.63, 3.8) is 0 Å². The molecule has 0 unspecified atom stereocenters. The van der Waals surface area contributed by atoms with Gasteiger partial charge in [-0.3, -0.25) is 9.98 Å². The molecule has 1 rings (SSSR count). The second-order valence-corrected chi connectivity index (χ2v) is 7.61. The Morgan fingerprint density at radius 1 is 1.38 bits per heavy atom. The second kappa shape index (κ2) is 8.97. The molecule has 1 heterocycles. The van der Waals surface area contributed by atoms with Gasteiger partial charge in [-0.05, 0) is 31.7 Å². The maximum atomic E-state index is 6.14. The van der Waals surface area contributed by atoms with Crippen molar-refractivity contribution < 1.29 is 0 Å². The van der Waals surface area contributed by atoms with Crippen LogP contribution in [0.1, 0.15) is 51.8 Å². The number of hydrogen-bond acceptors (Lipinski definition) is 3. The maximum absolute atomic E-state index is 6.14. The molecular weight excluding hydrogens is 320 g/mol. The summed E-state index contributed by atoms with van der Waals surface area (Å²) in [4.78, 5) is 13.1. The number of halogens is 1. The summed E-state index contributed by atoms with van der Waals surface area (Å²) in [5.74, 6) is 0.649. The second-order valence-electron chi connectivity index (χ2n) is 7.20. The number of aryl methyl sites for hydroxylation is 1. The lowest BCUT2D eigenvalue weighted by Gasteiger charge is -2.20. The number of hydrogen-bond donors (Lipinski definition) is 1. The van der Waals surface area contributed by atoms with Crippen LogP contribution >= 0.6 is 11.6 Å². The van der Waals surface area contributed by atoms with E-state index in [0.29, 0.717) is 10.9 Å². The SMILES string of the molecule is C=C(CC(C)(C)C)NCCC(C)=NC(=NC)c1cnc(C)c(Cl)c1. The molecule has 0 aliphatic carbocycles. The van der Waals surface area contributed by atoms with E-state index in [2.05, 4.69) is 47.6 Å². The normalized spacial score (nSPS) is 13.1. The van der Waals surface area contributed by atoms with Crippen molar-refractivity contribution in [2.75, 3.05) is 13.6 Å². The van der Waals surface area contributed by atoms with E-state index in [1.807, 2.05) is 19.9 Å². The van der Waals surface area contributed by atoms with Crippen molar-refractivity contribution in [3.05, 3.63) is 40.8 Å². The number of pyridine rings is 1. The number of rotatable bonds is 6. The Morgan fingerprint density at radius 2 is 2.04 bits per heavy atom. The molecule has 24 heavy (non-hydrogen) atoms. The highest BCUT2D eigenvalue weighted by Gasteiger charge is 2.11. The Kier molecular flexibility index (Phi) is 7.61.